The van der Waals surface area contributed by atoms with Gasteiger partial charge in [0.25, 0.3) is 0 Å². The molecule has 6 rings (SSSR count). The van der Waals surface area contributed by atoms with Gasteiger partial charge < -0.3 is 14.5 Å². The second-order valence-corrected chi connectivity index (χ2v) is 8.92. The summed E-state index contributed by atoms with van der Waals surface area (Å²) in [4.78, 5) is 17.6. The van der Waals surface area contributed by atoms with E-state index in [1.165, 1.54) is 5.56 Å². The van der Waals surface area contributed by atoms with Crippen molar-refractivity contribution in [3.05, 3.63) is 101 Å². The molecule has 0 saturated carbocycles. The molecule has 7 nitrogen and oxygen atoms in total. The van der Waals surface area contributed by atoms with Crippen molar-refractivity contribution in [2.45, 2.75) is 13.3 Å². The molecule has 0 aliphatic carbocycles. The van der Waals surface area contributed by atoms with Crippen LogP contribution in [-0.4, -0.2) is 24.3 Å². The Bertz CT molecular complexity index is 1610. The van der Waals surface area contributed by atoms with Crippen molar-refractivity contribution in [2.75, 3.05) is 5.32 Å². The van der Waals surface area contributed by atoms with Crippen LogP contribution < -0.4 is 10.1 Å². The Morgan fingerprint density at radius 1 is 0.941 bits per heavy atom. The molecular formula is C26H20N6OS. The van der Waals surface area contributed by atoms with E-state index in [1.54, 1.807) is 23.9 Å². The first-order valence-electron chi connectivity index (χ1n) is 10.8. The first-order valence-corrected chi connectivity index (χ1v) is 11.7. The van der Waals surface area contributed by atoms with Crippen molar-refractivity contribution >= 4 is 39.4 Å². The molecule has 0 bridgehead atoms. The summed E-state index contributed by atoms with van der Waals surface area (Å²) in [6.45, 7) is 2.03. The smallest absolute Gasteiger partial charge is 0.141 e. The quantitative estimate of drug-likeness (QED) is 0.318. The minimum absolute atomic E-state index is 0.747. The zero-order valence-electron chi connectivity index (χ0n) is 18.3. The number of hydrogen-bond donors (Lipinski definition) is 1. The lowest BCUT2D eigenvalue weighted by Crippen LogP contribution is -1.98. The van der Waals surface area contributed by atoms with E-state index >= 15 is 0 Å². The highest BCUT2D eigenvalue weighted by molar-refractivity contribution is 7.09. The number of nitrogens with zero attached hydrogens (tertiary/aromatic N) is 5. The maximum Gasteiger partial charge on any atom is 0.141 e. The van der Waals surface area contributed by atoms with Crippen LogP contribution >= 0.6 is 11.3 Å². The fourth-order valence-corrected chi connectivity index (χ4v) is 4.54. The molecular weight excluding hydrogens is 444 g/mol. The summed E-state index contributed by atoms with van der Waals surface area (Å²) in [5.41, 5.74) is 4.86. The SMILES string of the molecule is Cc1cc(Nc2ncnc3ccc(Cc4nccs4)cc23)ccc1Oc1ccn2ccnc2c1. The molecule has 4 heterocycles. The minimum atomic E-state index is 0.747. The van der Waals surface area contributed by atoms with Crippen molar-refractivity contribution in [2.24, 2.45) is 0 Å². The van der Waals surface area contributed by atoms with E-state index in [2.05, 4.69) is 43.5 Å². The third kappa shape index (κ3) is 4.06. The van der Waals surface area contributed by atoms with Crippen LogP contribution in [0.3, 0.4) is 0 Å². The average molecular weight is 465 g/mol. The maximum atomic E-state index is 6.12. The number of anilines is 2. The lowest BCUT2D eigenvalue weighted by Gasteiger charge is -2.13. The van der Waals surface area contributed by atoms with Gasteiger partial charge >= 0.3 is 0 Å². The van der Waals surface area contributed by atoms with E-state index in [1.807, 2.05) is 65.6 Å². The van der Waals surface area contributed by atoms with E-state index in [4.69, 9.17) is 4.74 Å². The molecule has 166 valence electrons. The topological polar surface area (TPSA) is 77.2 Å². The molecule has 0 atom stereocenters. The summed E-state index contributed by atoms with van der Waals surface area (Å²) < 4.78 is 8.06. The zero-order chi connectivity index (χ0) is 22.9. The highest BCUT2D eigenvalue weighted by atomic mass is 32.1. The number of nitrogens with one attached hydrogen (secondary N) is 1. The first-order chi connectivity index (χ1) is 16.7. The van der Waals surface area contributed by atoms with E-state index in [0.29, 0.717) is 0 Å². The summed E-state index contributed by atoms with van der Waals surface area (Å²) in [7, 11) is 0. The normalized spacial score (nSPS) is 11.2. The second kappa shape index (κ2) is 8.57. The van der Waals surface area contributed by atoms with Gasteiger partial charge in [-0.15, -0.1) is 11.3 Å². The van der Waals surface area contributed by atoms with Gasteiger partial charge in [-0.2, -0.15) is 0 Å². The molecule has 2 aromatic carbocycles. The predicted octanol–water partition coefficient (Wildman–Crippen LogP) is 6.17. The van der Waals surface area contributed by atoms with Gasteiger partial charge in [-0.05, 0) is 54.4 Å². The molecule has 1 N–H and O–H groups in total. The fraction of sp³-hybridized carbons (Fsp3) is 0.0769. The van der Waals surface area contributed by atoms with Crippen LogP contribution in [0, 0.1) is 6.92 Å². The molecule has 8 heteroatoms. The molecule has 0 aliphatic heterocycles. The first kappa shape index (κ1) is 20.3. The molecule has 0 unspecified atom stereocenters. The highest BCUT2D eigenvalue weighted by Gasteiger charge is 2.09. The van der Waals surface area contributed by atoms with Crippen LogP contribution in [0.5, 0.6) is 11.5 Å². The summed E-state index contributed by atoms with van der Waals surface area (Å²) in [6.07, 6.45) is 9.82. The standard InChI is InChI=1S/C26H20N6OS/c1-17-12-19(3-5-23(17)33-20-6-9-32-10-7-27-24(32)15-20)31-26-21-13-18(14-25-28-8-11-34-25)2-4-22(21)29-16-30-26/h2-13,15-16H,14H2,1H3,(H,29,30,31). The fourth-order valence-electron chi connectivity index (χ4n) is 3.89. The average Bonchev–Trinajstić information content (AvgIpc) is 3.53. The Morgan fingerprint density at radius 3 is 2.79 bits per heavy atom. The summed E-state index contributed by atoms with van der Waals surface area (Å²) >= 11 is 1.66. The van der Waals surface area contributed by atoms with Gasteiger partial charge in [0.05, 0.1) is 10.5 Å². The lowest BCUT2D eigenvalue weighted by molar-refractivity contribution is 0.478. The number of pyridine rings is 1. The predicted molar refractivity (Wildman–Crippen MR) is 134 cm³/mol. The van der Waals surface area contributed by atoms with Gasteiger partial charge in [0.2, 0.25) is 0 Å². The number of aromatic nitrogens is 5. The van der Waals surface area contributed by atoms with Gasteiger partial charge in [-0.1, -0.05) is 6.07 Å². The molecule has 0 aliphatic rings. The van der Waals surface area contributed by atoms with Crippen LogP contribution in [-0.2, 0) is 6.42 Å². The summed E-state index contributed by atoms with van der Waals surface area (Å²) in [5, 5.41) is 7.51. The number of rotatable bonds is 6. The van der Waals surface area contributed by atoms with Gasteiger partial charge in [-0.3, -0.25) is 0 Å². The Kier molecular flexibility index (Phi) is 5.12. The van der Waals surface area contributed by atoms with Crippen molar-refractivity contribution in [1.82, 2.24) is 24.3 Å². The van der Waals surface area contributed by atoms with Crippen LogP contribution in [0.25, 0.3) is 16.6 Å². The number of hydrogen-bond acceptors (Lipinski definition) is 7. The van der Waals surface area contributed by atoms with Crippen molar-refractivity contribution in [3.63, 3.8) is 0 Å². The maximum absolute atomic E-state index is 6.12. The number of fused-ring (bicyclic) bond motifs is 2. The van der Waals surface area contributed by atoms with Crippen molar-refractivity contribution in [3.8, 4) is 11.5 Å². The molecule has 4 aromatic heterocycles. The number of benzene rings is 2. The van der Waals surface area contributed by atoms with E-state index in [0.717, 1.165) is 56.5 Å². The van der Waals surface area contributed by atoms with Crippen LogP contribution in [0.4, 0.5) is 11.5 Å². The van der Waals surface area contributed by atoms with Crippen molar-refractivity contribution in [1.29, 1.82) is 0 Å². The molecule has 6 aromatic rings. The Morgan fingerprint density at radius 2 is 1.91 bits per heavy atom. The molecule has 0 saturated heterocycles. The largest absolute Gasteiger partial charge is 0.457 e. The number of aryl methyl sites for hydroxylation is 1. The van der Waals surface area contributed by atoms with Crippen LogP contribution in [0.1, 0.15) is 16.1 Å². The van der Waals surface area contributed by atoms with E-state index < -0.39 is 0 Å². The van der Waals surface area contributed by atoms with E-state index in [9.17, 15) is 0 Å². The molecule has 0 fully saturated rings. The van der Waals surface area contributed by atoms with Gasteiger partial charge in [-0.25, -0.2) is 19.9 Å². The Hall–Kier alpha value is -4.30. The summed E-state index contributed by atoms with van der Waals surface area (Å²) in [5.74, 6) is 2.31. The second-order valence-electron chi connectivity index (χ2n) is 7.94. The van der Waals surface area contributed by atoms with Crippen molar-refractivity contribution < 1.29 is 4.74 Å². The molecule has 0 spiro atoms. The number of imidazole rings is 1. The third-order valence-corrected chi connectivity index (χ3v) is 6.35. The third-order valence-electron chi connectivity index (χ3n) is 5.57. The van der Waals surface area contributed by atoms with Gasteiger partial charge in [0.1, 0.15) is 29.3 Å². The highest BCUT2D eigenvalue weighted by Crippen LogP contribution is 2.30. The minimum Gasteiger partial charge on any atom is -0.457 e. The van der Waals surface area contributed by atoms with E-state index in [-0.39, 0.29) is 0 Å². The van der Waals surface area contributed by atoms with Crippen LogP contribution in [0.15, 0.2) is 85.0 Å². The lowest BCUT2D eigenvalue weighted by atomic mass is 10.1. The molecule has 34 heavy (non-hydrogen) atoms. The monoisotopic (exact) mass is 464 g/mol. The van der Waals surface area contributed by atoms with Gasteiger partial charge in [0.15, 0.2) is 0 Å². The number of thiazole rings is 1. The molecule has 0 amide bonds. The Labute approximate surface area is 199 Å². The summed E-state index contributed by atoms with van der Waals surface area (Å²) in [6, 6.07) is 16.1. The zero-order valence-corrected chi connectivity index (χ0v) is 19.2. The van der Waals surface area contributed by atoms with Gasteiger partial charge in [0, 0.05) is 53.7 Å². The number of ether oxygens (including phenoxy) is 1. The molecule has 0 radical (unpaired) electrons. The van der Waals surface area contributed by atoms with Crippen LogP contribution in [0.2, 0.25) is 0 Å². The Balaban J connectivity index is 1.25.